The van der Waals surface area contributed by atoms with Crippen LogP contribution in [0.25, 0.3) is 0 Å². The molecule has 1 aromatic heterocycles. The molecule has 0 saturated carbocycles. The van der Waals surface area contributed by atoms with Crippen LogP contribution < -0.4 is 5.32 Å². The molecule has 0 aromatic carbocycles. The minimum atomic E-state index is 0.171. The fraction of sp³-hybridized carbons (Fsp3) is 0.615. The van der Waals surface area contributed by atoms with Crippen molar-refractivity contribution < 1.29 is 4.79 Å². The lowest BCUT2D eigenvalue weighted by Crippen LogP contribution is -2.27. The Bertz CT molecular complexity index is 322. The first-order valence-electron chi connectivity index (χ1n) is 6.04. The van der Waals surface area contributed by atoms with Crippen molar-refractivity contribution >= 4 is 5.91 Å². The van der Waals surface area contributed by atoms with Gasteiger partial charge in [-0.25, -0.2) is 0 Å². The summed E-state index contributed by atoms with van der Waals surface area (Å²) >= 11 is 0. The second kappa shape index (κ2) is 6.36. The van der Waals surface area contributed by atoms with Crippen LogP contribution in [0.15, 0.2) is 12.1 Å². The molecule has 0 aliphatic carbocycles. The van der Waals surface area contributed by atoms with Crippen molar-refractivity contribution in [2.45, 2.75) is 46.6 Å². The SMILES string of the molecule is CCCCC(=O)NCCn1c(C)ccc1C. The van der Waals surface area contributed by atoms with E-state index in [-0.39, 0.29) is 5.91 Å². The highest BCUT2D eigenvalue weighted by atomic mass is 16.1. The molecule has 0 unspecified atom stereocenters. The van der Waals surface area contributed by atoms with E-state index in [1.807, 2.05) is 0 Å². The first kappa shape index (κ1) is 12.8. The Labute approximate surface area is 97.8 Å². The van der Waals surface area contributed by atoms with Crippen LogP contribution in [0.2, 0.25) is 0 Å². The number of carbonyl (C=O) groups excluding carboxylic acids is 1. The Balaban J connectivity index is 2.28. The number of rotatable bonds is 6. The fourth-order valence-corrected chi connectivity index (χ4v) is 1.78. The zero-order valence-electron chi connectivity index (χ0n) is 10.5. The summed E-state index contributed by atoms with van der Waals surface area (Å²) in [6, 6.07) is 4.21. The van der Waals surface area contributed by atoms with E-state index in [4.69, 9.17) is 0 Å². The standard InChI is InChI=1S/C13H22N2O/c1-4-5-6-13(16)14-9-10-15-11(2)7-8-12(15)3/h7-8H,4-6,9-10H2,1-3H3,(H,14,16). The van der Waals surface area contributed by atoms with Crippen molar-refractivity contribution in [1.29, 1.82) is 0 Å². The van der Waals surface area contributed by atoms with Gasteiger partial charge in [0.25, 0.3) is 0 Å². The van der Waals surface area contributed by atoms with Crippen LogP contribution in [0, 0.1) is 13.8 Å². The first-order chi connectivity index (χ1) is 7.65. The van der Waals surface area contributed by atoms with Gasteiger partial charge in [-0.15, -0.1) is 0 Å². The van der Waals surface area contributed by atoms with E-state index >= 15 is 0 Å². The third-order valence-electron chi connectivity index (χ3n) is 2.83. The lowest BCUT2D eigenvalue weighted by atomic mass is 10.2. The van der Waals surface area contributed by atoms with E-state index < -0.39 is 0 Å². The second-order valence-electron chi connectivity index (χ2n) is 4.22. The number of unbranched alkanes of at least 4 members (excludes halogenated alkanes) is 1. The van der Waals surface area contributed by atoms with E-state index in [1.165, 1.54) is 11.4 Å². The monoisotopic (exact) mass is 222 g/mol. The number of carbonyl (C=O) groups is 1. The summed E-state index contributed by atoms with van der Waals surface area (Å²) < 4.78 is 2.22. The lowest BCUT2D eigenvalue weighted by molar-refractivity contribution is -0.121. The van der Waals surface area contributed by atoms with Crippen LogP contribution in [0.5, 0.6) is 0 Å². The Hall–Kier alpha value is -1.25. The van der Waals surface area contributed by atoms with Crippen molar-refractivity contribution in [1.82, 2.24) is 9.88 Å². The van der Waals surface area contributed by atoms with Gasteiger partial charge in [0.2, 0.25) is 5.91 Å². The molecule has 16 heavy (non-hydrogen) atoms. The molecule has 0 fully saturated rings. The first-order valence-corrected chi connectivity index (χ1v) is 6.04. The molecule has 0 aliphatic rings. The molecule has 3 nitrogen and oxygen atoms in total. The molecule has 1 amide bonds. The van der Waals surface area contributed by atoms with Crippen LogP contribution >= 0.6 is 0 Å². The third-order valence-corrected chi connectivity index (χ3v) is 2.83. The average Bonchev–Trinajstić information content (AvgIpc) is 2.57. The van der Waals surface area contributed by atoms with Crippen molar-refractivity contribution in [2.75, 3.05) is 6.54 Å². The highest BCUT2D eigenvalue weighted by Gasteiger charge is 2.02. The van der Waals surface area contributed by atoms with Crippen LogP contribution in [0.1, 0.15) is 37.6 Å². The molecule has 0 radical (unpaired) electrons. The van der Waals surface area contributed by atoms with Gasteiger partial charge in [0.05, 0.1) is 0 Å². The molecule has 0 spiro atoms. The second-order valence-corrected chi connectivity index (χ2v) is 4.22. The van der Waals surface area contributed by atoms with Gasteiger partial charge in [0.15, 0.2) is 0 Å². The largest absolute Gasteiger partial charge is 0.354 e. The average molecular weight is 222 g/mol. The predicted octanol–water partition coefficient (Wildman–Crippen LogP) is 2.41. The van der Waals surface area contributed by atoms with Gasteiger partial charge in [-0.05, 0) is 32.4 Å². The van der Waals surface area contributed by atoms with Crippen LogP contribution in [-0.4, -0.2) is 17.0 Å². The predicted molar refractivity (Wildman–Crippen MR) is 66.4 cm³/mol. The lowest BCUT2D eigenvalue weighted by Gasteiger charge is -2.10. The molecule has 1 N–H and O–H groups in total. The minimum absolute atomic E-state index is 0.171. The van der Waals surface area contributed by atoms with Crippen molar-refractivity contribution in [3.63, 3.8) is 0 Å². The molecular weight excluding hydrogens is 200 g/mol. The van der Waals surface area contributed by atoms with E-state index in [2.05, 4.69) is 42.8 Å². The summed E-state index contributed by atoms with van der Waals surface area (Å²) in [5, 5.41) is 2.95. The molecule has 0 bridgehead atoms. The van der Waals surface area contributed by atoms with Gasteiger partial charge < -0.3 is 9.88 Å². The molecule has 3 heteroatoms. The summed E-state index contributed by atoms with van der Waals surface area (Å²) in [7, 11) is 0. The molecule has 1 aromatic rings. The Kier molecular flexibility index (Phi) is 5.09. The van der Waals surface area contributed by atoms with E-state index in [9.17, 15) is 4.79 Å². The van der Waals surface area contributed by atoms with Crippen molar-refractivity contribution in [3.05, 3.63) is 23.5 Å². The number of nitrogens with one attached hydrogen (secondary N) is 1. The fourth-order valence-electron chi connectivity index (χ4n) is 1.78. The van der Waals surface area contributed by atoms with Crippen LogP contribution in [-0.2, 0) is 11.3 Å². The zero-order valence-corrected chi connectivity index (χ0v) is 10.5. The van der Waals surface area contributed by atoms with Gasteiger partial charge in [-0.1, -0.05) is 13.3 Å². The Morgan fingerprint density at radius 1 is 1.31 bits per heavy atom. The maximum absolute atomic E-state index is 11.4. The van der Waals surface area contributed by atoms with Gasteiger partial charge in [0.1, 0.15) is 0 Å². The summed E-state index contributed by atoms with van der Waals surface area (Å²) in [5.74, 6) is 0.171. The summed E-state index contributed by atoms with van der Waals surface area (Å²) in [6.45, 7) is 7.86. The third kappa shape index (κ3) is 3.72. The van der Waals surface area contributed by atoms with Crippen LogP contribution in [0.3, 0.4) is 0 Å². The van der Waals surface area contributed by atoms with E-state index in [0.717, 1.165) is 25.9 Å². The normalized spacial score (nSPS) is 10.4. The van der Waals surface area contributed by atoms with E-state index in [0.29, 0.717) is 6.42 Å². The Morgan fingerprint density at radius 3 is 2.50 bits per heavy atom. The van der Waals surface area contributed by atoms with Crippen molar-refractivity contribution in [3.8, 4) is 0 Å². The Morgan fingerprint density at radius 2 is 1.94 bits per heavy atom. The van der Waals surface area contributed by atoms with Gasteiger partial charge >= 0.3 is 0 Å². The maximum atomic E-state index is 11.4. The smallest absolute Gasteiger partial charge is 0.220 e. The molecular formula is C13H22N2O. The highest BCUT2D eigenvalue weighted by Crippen LogP contribution is 2.05. The number of nitrogens with zero attached hydrogens (tertiary/aromatic N) is 1. The molecule has 90 valence electrons. The molecule has 1 heterocycles. The minimum Gasteiger partial charge on any atom is -0.354 e. The molecule has 0 atom stereocenters. The summed E-state index contributed by atoms with van der Waals surface area (Å²) in [5.41, 5.74) is 2.50. The number of aryl methyl sites for hydroxylation is 2. The highest BCUT2D eigenvalue weighted by molar-refractivity contribution is 5.75. The molecule has 0 aliphatic heterocycles. The number of hydrogen-bond acceptors (Lipinski definition) is 1. The topological polar surface area (TPSA) is 34.0 Å². The van der Waals surface area contributed by atoms with Crippen molar-refractivity contribution in [2.24, 2.45) is 0 Å². The molecule has 0 saturated heterocycles. The van der Waals surface area contributed by atoms with E-state index in [1.54, 1.807) is 0 Å². The number of amides is 1. The summed E-state index contributed by atoms with van der Waals surface area (Å²) in [4.78, 5) is 11.4. The van der Waals surface area contributed by atoms with Gasteiger partial charge in [-0.3, -0.25) is 4.79 Å². The van der Waals surface area contributed by atoms with Gasteiger partial charge in [0, 0.05) is 30.9 Å². The maximum Gasteiger partial charge on any atom is 0.220 e. The molecule has 1 rings (SSSR count). The van der Waals surface area contributed by atoms with Crippen LogP contribution in [0.4, 0.5) is 0 Å². The number of hydrogen-bond donors (Lipinski definition) is 1. The zero-order chi connectivity index (χ0) is 12.0. The van der Waals surface area contributed by atoms with Gasteiger partial charge in [-0.2, -0.15) is 0 Å². The quantitative estimate of drug-likeness (QED) is 0.788. The summed E-state index contributed by atoms with van der Waals surface area (Å²) in [6.07, 6.45) is 2.71. The number of aromatic nitrogens is 1.